The first kappa shape index (κ1) is 20.4. The van der Waals surface area contributed by atoms with Gasteiger partial charge in [0.1, 0.15) is 0 Å². The van der Waals surface area contributed by atoms with E-state index in [-0.39, 0.29) is 4.90 Å². The molecular weight excluding hydrogens is 386 g/mol. The second-order valence-electron chi connectivity index (χ2n) is 6.91. The van der Waals surface area contributed by atoms with Crippen LogP contribution in [-0.4, -0.2) is 14.4 Å². The molecular formula is C22H23N3O3S. The first-order valence-corrected chi connectivity index (χ1v) is 10.6. The Kier molecular flexibility index (Phi) is 5.89. The Morgan fingerprint density at radius 3 is 2.00 bits per heavy atom. The summed E-state index contributed by atoms with van der Waals surface area (Å²) >= 11 is 0. The van der Waals surface area contributed by atoms with Crippen LogP contribution in [0.2, 0.25) is 0 Å². The zero-order valence-corrected chi connectivity index (χ0v) is 17.3. The fourth-order valence-corrected chi connectivity index (χ4v) is 4.35. The van der Waals surface area contributed by atoms with Gasteiger partial charge in [0.05, 0.1) is 4.90 Å². The third-order valence-electron chi connectivity index (χ3n) is 4.24. The SMILES string of the molecule is Cc1cc(C)cc(NC(=O)Nc2ccc(C)c(S(=O)(=O)Nc3ccccc3)c2)c1. The third kappa shape index (κ3) is 5.36. The fourth-order valence-electron chi connectivity index (χ4n) is 3.02. The number of hydrogen-bond acceptors (Lipinski definition) is 3. The Morgan fingerprint density at radius 1 is 0.724 bits per heavy atom. The van der Waals surface area contributed by atoms with Gasteiger partial charge in [0.2, 0.25) is 0 Å². The normalized spacial score (nSPS) is 11.0. The molecule has 3 rings (SSSR count). The zero-order chi connectivity index (χ0) is 21.0. The van der Waals surface area contributed by atoms with Crippen molar-refractivity contribution in [2.45, 2.75) is 25.7 Å². The molecule has 0 aliphatic heterocycles. The van der Waals surface area contributed by atoms with Crippen LogP contribution in [0.1, 0.15) is 16.7 Å². The molecule has 3 aromatic carbocycles. The smallest absolute Gasteiger partial charge is 0.308 e. The van der Waals surface area contributed by atoms with Crippen molar-refractivity contribution < 1.29 is 13.2 Å². The molecule has 0 aromatic heterocycles. The number of urea groups is 1. The molecule has 0 saturated heterocycles. The summed E-state index contributed by atoms with van der Waals surface area (Å²) in [5.41, 5.74) is 4.18. The molecule has 0 spiro atoms. The number of para-hydroxylation sites is 1. The van der Waals surface area contributed by atoms with Crippen LogP contribution in [0.4, 0.5) is 21.9 Å². The van der Waals surface area contributed by atoms with Crippen molar-refractivity contribution >= 4 is 33.1 Å². The molecule has 0 radical (unpaired) electrons. The van der Waals surface area contributed by atoms with E-state index >= 15 is 0 Å². The van der Waals surface area contributed by atoms with Gasteiger partial charge in [-0.25, -0.2) is 13.2 Å². The average Bonchev–Trinajstić information content (AvgIpc) is 2.62. The minimum atomic E-state index is -3.79. The summed E-state index contributed by atoms with van der Waals surface area (Å²) in [7, 11) is -3.79. The predicted molar refractivity (Wildman–Crippen MR) is 117 cm³/mol. The lowest BCUT2D eigenvalue weighted by atomic mass is 10.1. The van der Waals surface area contributed by atoms with Crippen LogP contribution < -0.4 is 15.4 Å². The first-order chi connectivity index (χ1) is 13.7. The van der Waals surface area contributed by atoms with Crippen molar-refractivity contribution in [1.29, 1.82) is 0 Å². The van der Waals surface area contributed by atoms with Crippen molar-refractivity contribution in [2.24, 2.45) is 0 Å². The number of benzene rings is 3. The number of sulfonamides is 1. The molecule has 0 fully saturated rings. The first-order valence-electron chi connectivity index (χ1n) is 9.08. The standard InChI is InChI=1S/C22H23N3O3S/c1-15-11-16(2)13-20(12-15)24-22(26)23-19-10-9-17(3)21(14-19)29(27,28)25-18-7-5-4-6-8-18/h4-14,25H,1-3H3,(H2,23,24,26). The zero-order valence-electron chi connectivity index (χ0n) is 16.5. The Hall–Kier alpha value is -3.32. The van der Waals surface area contributed by atoms with E-state index in [1.54, 1.807) is 43.3 Å². The van der Waals surface area contributed by atoms with E-state index in [2.05, 4.69) is 15.4 Å². The van der Waals surface area contributed by atoms with Crippen LogP contribution in [0.3, 0.4) is 0 Å². The maximum atomic E-state index is 12.8. The maximum absolute atomic E-state index is 12.8. The maximum Gasteiger partial charge on any atom is 0.323 e. The second kappa shape index (κ2) is 8.36. The lowest BCUT2D eigenvalue weighted by Crippen LogP contribution is -2.20. The van der Waals surface area contributed by atoms with Gasteiger partial charge in [0.25, 0.3) is 10.0 Å². The molecule has 3 N–H and O–H groups in total. The van der Waals surface area contributed by atoms with Gasteiger partial charge in [-0.1, -0.05) is 30.3 Å². The highest BCUT2D eigenvalue weighted by atomic mass is 32.2. The van der Waals surface area contributed by atoms with Crippen molar-refractivity contribution in [3.8, 4) is 0 Å². The summed E-state index contributed by atoms with van der Waals surface area (Å²) in [5.74, 6) is 0. The minimum absolute atomic E-state index is 0.102. The third-order valence-corrected chi connectivity index (χ3v) is 5.76. The van der Waals surface area contributed by atoms with Gasteiger partial charge in [0, 0.05) is 17.1 Å². The van der Waals surface area contributed by atoms with Gasteiger partial charge in [-0.3, -0.25) is 4.72 Å². The molecule has 0 aliphatic carbocycles. The van der Waals surface area contributed by atoms with Gasteiger partial charge in [0.15, 0.2) is 0 Å². The monoisotopic (exact) mass is 409 g/mol. The molecule has 0 saturated carbocycles. The molecule has 6 nitrogen and oxygen atoms in total. The highest BCUT2D eigenvalue weighted by Crippen LogP contribution is 2.23. The Labute approximate surface area is 171 Å². The predicted octanol–water partition coefficient (Wildman–Crippen LogP) is 5.06. The molecule has 0 bridgehead atoms. The summed E-state index contributed by atoms with van der Waals surface area (Å²) in [4.78, 5) is 12.5. The summed E-state index contributed by atoms with van der Waals surface area (Å²) in [6.45, 7) is 5.61. The van der Waals surface area contributed by atoms with Gasteiger partial charge in [-0.05, 0) is 73.9 Å². The van der Waals surface area contributed by atoms with Crippen LogP contribution in [-0.2, 0) is 10.0 Å². The van der Waals surface area contributed by atoms with Crippen molar-refractivity contribution in [3.63, 3.8) is 0 Å². The number of nitrogens with one attached hydrogen (secondary N) is 3. The van der Waals surface area contributed by atoms with Crippen LogP contribution in [0.5, 0.6) is 0 Å². The van der Waals surface area contributed by atoms with Crippen molar-refractivity contribution in [2.75, 3.05) is 15.4 Å². The van der Waals surface area contributed by atoms with E-state index in [1.165, 1.54) is 6.07 Å². The van der Waals surface area contributed by atoms with Crippen LogP contribution in [0.15, 0.2) is 71.6 Å². The minimum Gasteiger partial charge on any atom is -0.308 e. The van der Waals surface area contributed by atoms with Crippen LogP contribution in [0.25, 0.3) is 0 Å². The van der Waals surface area contributed by atoms with Crippen molar-refractivity contribution in [3.05, 3.63) is 83.4 Å². The van der Waals surface area contributed by atoms with E-state index in [9.17, 15) is 13.2 Å². The number of rotatable bonds is 5. The highest BCUT2D eigenvalue weighted by Gasteiger charge is 2.18. The Balaban J connectivity index is 1.78. The number of hydrogen-bond donors (Lipinski definition) is 3. The second-order valence-corrected chi connectivity index (χ2v) is 8.56. The number of carbonyl (C=O) groups is 1. The fraction of sp³-hybridized carbons (Fsp3) is 0.136. The summed E-state index contributed by atoms with van der Waals surface area (Å²) in [6.07, 6.45) is 0. The number of carbonyl (C=O) groups excluding carboxylic acids is 1. The summed E-state index contributed by atoms with van der Waals surface area (Å²) in [5, 5.41) is 5.46. The number of aryl methyl sites for hydroxylation is 3. The van der Waals surface area contributed by atoms with E-state index in [1.807, 2.05) is 38.1 Å². The molecule has 0 heterocycles. The largest absolute Gasteiger partial charge is 0.323 e. The van der Waals surface area contributed by atoms with E-state index in [4.69, 9.17) is 0 Å². The quantitative estimate of drug-likeness (QED) is 0.551. The molecule has 0 atom stereocenters. The van der Waals surface area contributed by atoms with Gasteiger partial charge >= 0.3 is 6.03 Å². The summed E-state index contributed by atoms with van der Waals surface area (Å²) in [6, 6.07) is 18.7. The van der Waals surface area contributed by atoms with Gasteiger partial charge < -0.3 is 10.6 Å². The van der Waals surface area contributed by atoms with Crippen LogP contribution in [0, 0.1) is 20.8 Å². The molecule has 150 valence electrons. The van der Waals surface area contributed by atoms with E-state index < -0.39 is 16.1 Å². The molecule has 3 aromatic rings. The van der Waals surface area contributed by atoms with Crippen LogP contribution >= 0.6 is 0 Å². The summed E-state index contributed by atoms with van der Waals surface area (Å²) < 4.78 is 28.1. The lowest BCUT2D eigenvalue weighted by Gasteiger charge is -2.13. The lowest BCUT2D eigenvalue weighted by molar-refractivity contribution is 0.262. The average molecular weight is 410 g/mol. The highest BCUT2D eigenvalue weighted by molar-refractivity contribution is 7.92. The van der Waals surface area contributed by atoms with Gasteiger partial charge in [-0.2, -0.15) is 0 Å². The van der Waals surface area contributed by atoms with Crippen molar-refractivity contribution in [1.82, 2.24) is 0 Å². The number of anilines is 3. The van der Waals surface area contributed by atoms with E-state index in [0.717, 1.165) is 11.1 Å². The number of amides is 2. The Bertz CT molecular complexity index is 1120. The van der Waals surface area contributed by atoms with E-state index in [0.29, 0.717) is 22.6 Å². The molecule has 0 aliphatic rings. The Morgan fingerprint density at radius 2 is 1.34 bits per heavy atom. The molecule has 0 unspecified atom stereocenters. The topological polar surface area (TPSA) is 87.3 Å². The molecule has 29 heavy (non-hydrogen) atoms. The molecule has 7 heteroatoms. The molecule has 2 amide bonds. The van der Waals surface area contributed by atoms with Gasteiger partial charge in [-0.15, -0.1) is 0 Å².